The molecule has 19 heavy (non-hydrogen) atoms. The number of aliphatic carboxylic acids is 1. The van der Waals surface area contributed by atoms with Crippen LogP contribution in [0.3, 0.4) is 0 Å². The quantitative estimate of drug-likeness (QED) is 0.769. The number of fused-ring (bicyclic) bond motifs is 1. The van der Waals surface area contributed by atoms with Crippen LogP contribution < -0.4 is 9.46 Å². The fourth-order valence-corrected chi connectivity index (χ4v) is 2.76. The van der Waals surface area contributed by atoms with Crippen LogP contribution in [0.5, 0.6) is 5.75 Å². The van der Waals surface area contributed by atoms with Gasteiger partial charge in [-0.2, -0.15) is 0 Å². The van der Waals surface area contributed by atoms with E-state index in [1.165, 1.54) is 12.1 Å². The molecule has 1 aromatic carbocycles. The lowest BCUT2D eigenvalue weighted by molar-refractivity contribution is -0.131. The zero-order valence-electron chi connectivity index (χ0n) is 10.00. The topological polar surface area (TPSA) is 92.7 Å². The third-order valence-corrected chi connectivity index (χ3v) is 4.04. The van der Waals surface area contributed by atoms with Crippen LogP contribution in [-0.4, -0.2) is 32.6 Å². The number of hydrogen-bond donors (Lipinski definition) is 2. The third kappa shape index (κ3) is 3.33. The molecule has 7 heteroatoms. The summed E-state index contributed by atoms with van der Waals surface area (Å²) in [6, 6.07) is 4.67. The van der Waals surface area contributed by atoms with Crippen molar-refractivity contribution in [3.8, 4) is 5.75 Å². The highest BCUT2D eigenvalue weighted by Crippen LogP contribution is 2.27. The van der Waals surface area contributed by atoms with Crippen molar-refractivity contribution in [2.24, 2.45) is 0 Å². The smallest absolute Gasteiger partial charge is 0.328 e. The molecule has 0 radical (unpaired) electrons. The Balaban J connectivity index is 2.09. The van der Waals surface area contributed by atoms with Crippen LogP contribution >= 0.6 is 0 Å². The average molecular weight is 283 g/mol. The molecule has 1 aliphatic heterocycles. The second-order valence-electron chi connectivity index (χ2n) is 3.96. The summed E-state index contributed by atoms with van der Waals surface area (Å²) in [6.45, 7) is 0.496. The molecule has 0 atom stereocenters. The zero-order chi connectivity index (χ0) is 13.9. The molecule has 0 aromatic heterocycles. The molecule has 0 saturated heterocycles. The van der Waals surface area contributed by atoms with E-state index in [1.54, 1.807) is 12.1 Å². The number of ether oxygens (including phenoxy) is 1. The van der Waals surface area contributed by atoms with Gasteiger partial charge in [-0.05, 0) is 23.8 Å². The number of carbonyl (C=O) groups is 1. The Morgan fingerprint density at radius 1 is 1.47 bits per heavy atom. The fourth-order valence-electron chi connectivity index (χ4n) is 1.73. The molecule has 0 unspecified atom stereocenters. The predicted molar refractivity (Wildman–Crippen MR) is 67.6 cm³/mol. The van der Waals surface area contributed by atoms with E-state index < -0.39 is 16.0 Å². The molecule has 2 rings (SSSR count). The minimum Gasteiger partial charge on any atom is -0.493 e. The lowest BCUT2D eigenvalue weighted by Crippen LogP contribution is -2.23. The molecule has 0 aliphatic carbocycles. The summed E-state index contributed by atoms with van der Waals surface area (Å²) >= 11 is 0. The van der Waals surface area contributed by atoms with Crippen LogP contribution in [0.25, 0.3) is 0 Å². The van der Waals surface area contributed by atoms with Gasteiger partial charge in [0.15, 0.2) is 0 Å². The Labute approximate surface area is 110 Å². The Hall–Kier alpha value is -1.86. The Morgan fingerprint density at radius 2 is 2.26 bits per heavy atom. The standard InChI is InChI=1S/C12H13NO5S/c14-12(15)2-1-6-13-19(16,17)10-3-4-11-9(8-10)5-7-18-11/h1-4,8,13H,5-7H2,(H,14,15)/b2-1+. The van der Waals surface area contributed by atoms with E-state index in [0.29, 0.717) is 18.8 Å². The van der Waals surface area contributed by atoms with Crippen molar-refractivity contribution in [3.63, 3.8) is 0 Å². The van der Waals surface area contributed by atoms with Crippen LogP contribution in [0.1, 0.15) is 5.56 Å². The molecule has 102 valence electrons. The first-order chi connectivity index (χ1) is 8.99. The van der Waals surface area contributed by atoms with Crippen LogP contribution in [-0.2, 0) is 21.2 Å². The van der Waals surface area contributed by atoms with E-state index in [2.05, 4.69) is 4.72 Å². The number of nitrogens with one attached hydrogen (secondary N) is 1. The van der Waals surface area contributed by atoms with Gasteiger partial charge in [-0.1, -0.05) is 6.08 Å². The van der Waals surface area contributed by atoms with E-state index >= 15 is 0 Å². The molecule has 2 N–H and O–H groups in total. The Morgan fingerprint density at radius 3 is 3.00 bits per heavy atom. The van der Waals surface area contributed by atoms with E-state index in [0.717, 1.165) is 11.6 Å². The summed E-state index contributed by atoms with van der Waals surface area (Å²) in [4.78, 5) is 10.4. The molecule has 0 amide bonds. The summed E-state index contributed by atoms with van der Waals surface area (Å²) in [5, 5.41) is 8.39. The molecule has 0 saturated carbocycles. The largest absolute Gasteiger partial charge is 0.493 e. The van der Waals surface area contributed by atoms with E-state index in [4.69, 9.17) is 9.84 Å². The predicted octanol–water partition coefficient (Wildman–Crippen LogP) is 0.541. The van der Waals surface area contributed by atoms with Gasteiger partial charge in [0, 0.05) is 19.0 Å². The first-order valence-electron chi connectivity index (χ1n) is 5.64. The van der Waals surface area contributed by atoms with Gasteiger partial charge in [-0.25, -0.2) is 17.9 Å². The number of benzene rings is 1. The van der Waals surface area contributed by atoms with Gasteiger partial charge < -0.3 is 9.84 Å². The minimum absolute atomic E-state index is 0.0672. The van der Waals surface area contributed by atoms with Gasteiger partial charge in [0.2, 0.25) is 10.0 Å². The van der Waals surface area contributed by atoms with E-state index in [1.807, 2.05) is 0 Å². The molecular weight excluding hydrogens is 270 g/mol. The van der Waals surface area contributed by atoms with Gasteiger partial charge >= 0.3 is 5.97 Å². The van der Waals surface area contributed by atoms with Crippen LogP contribution in [0, 0.1) is 0 Å². The highest BCUT2D eigenvalue weighted by Gasteiger charge is 2.18. The van der Waals surface area contributed by atoms with Crippen molar-refractivity contribution in [2.45, 2.75) is 11.3 Å². The van der Waals surface area contributed by atoms with Gasteiger partial charge in [-0.3, -0.25) is 0 Å². The van der Waals surface area contributed by atoms with Crippen LogP contribution in [0.4, 0.5) is 0 Å². The monoisotopic (exact) mass is 283 g/mol. The average Bonchev–Trinajstić information content (AvgIpc) is 2.81. The third-order valence-electron chi connectivity index (χ3n) is 2.62. The van der Waals surface area contributed by atoms with Gasteiger partial charge in [0.05, 0.1) is 11.5 Å². The fraction of sp³-hybridized carbons (Fsp3) is 0.250. The van der Waals surface area contributed by atoms with Crippen LogP contribution in [0.2, 0.25) is 0 Å². The second-order valence-corrected chi connectivity index (χ2v) is 5.73. The molecule has 1 heterocycles. The van der Waals surface area contributed by atoms with Crippen LogP contribution in [0.15, 0.2) is 35.2 Å². The first-order valence-corrected chi connectivity index (χ1v) is 7.12. The van der Waals surface area contributed by atoms with Crippen molar-refractivity contribution in [2.75, 3.05) is 13.2 Å². The van der Waals surface area contributed by atoms with Crippen molar-refractivity contribution < 1.29 is 23.1 Å². The van der Waals surface area contributed by atoms with Crippen molar-refractivity contribution in [3.05, 3.63) is 35.9 Å². The number of carboxylic acid groups (broad SMARTS) is 1. The minimum atomic E-state index is -3.63. The lowest BCUT2D eigenvalue weighted by atomic mass is 10.2. The first kappa shape index (κ1) is 13.6. The van der Waals surface area contributed by atoms with E-state index in [-0.39, 0.29) is 11.4 Å². The number of sulfonamides is 1. The van der Waals surface area contributed by atoms with Gasteiger partial charge in [0.25, 0.3) is 0 Å². The number of carboxylic acids is 1. The lowest BCUT2D eigenvalue weighted by Gasteiger charge is -2.06. The van der Waals surface area contributed by atoms with Crippen molar-refractivity contribution >= 4 is 16.0 Å². The molecule has 1 aliphatic rings. The summed E-state index contributed by atoms with van der Waals surface area (Å²) in [5.74, 6) is -0.404. The summed E-state index contributed by atoms with van der Waals surface area (Å²) in [7, 11) is -3.63. The normalized spacial score (nSPS) is 14.3. The second kappa shape index (κ2) is 5.41. The highest BCUT2D eigenvalue weighted by molar-refractivity contribution is 7.89. The molecule has 0 bridgehead atoms. The van der Waals surface area contributed by atoms with Crippen molar-refractivity contribution in [1.29, 1.82) is 0 Å². The summed E-state index contributed by atoms with van der Waals surface area (Å²) in [6.07, 6.45) is 2.81. The molecule has 6 nitrogen and oxygen atoms in total. The Bertz CT molecular complexity index is 621. The molecular formula is C12H13NO5S. The number of rotatable bonds is 5. The molecule has 1 aromatic rings. The highest BCUT2D eigenvalue weighted by atomic mass is 32.2. The van der Waals surface area contributed by atoms with Crippen molar-refractivity contribution in [1.82, 2.24) is 4.72 Å². The maximum Gasteiger partial charge on any atom is 0.328 e. The maximum absolute atomic E-state index is 11.9. The summed E-state index contributed by atoms with van der Waals surface area (Å²) in [5.41, 5.74) is 0.865. The maximum atomic E-state index is 11.9. The van der Waals surface area contributed by atoms with Gasteiger partial charge in [-0.15, -0.1) is 0 Å². The number of hydrogen-bond acceptors (Lipinski definition) is 4. The van der Waals surface area contributed by atoms with E-state index in [9.17, 15) is 13.2 Å². The summed E-state index contributed by atoms with van der Waals surface area (Å²) < 4.78 is 31.5. The Kier molecular flexibility index (Phi) is 3.87. The molecule has 0 fully saturated rings. The zero-order valence-corrected chi connectivity index (χ0v) is 10.8. The SMILES string of the molecule is O=C(O)/C=C/CNS(=O)(=O)c1ccc2c(c1)CCO2. The van der Waals surface area contributed by atoms with Gasteiger partial charge in [0.1, 0.15) is 5.75 Å². The molecule has 0 spiro atoms.